The number of hydrogen-bond acceptors (Lipinski definition) is 5. The van der Waals surface area contributed by atoms with Crippen LogP contribution < -0.4 is 5.73 Å². The van der Waals surface area contributed by atoms with Crippen LogP contribution in [0.2, 0.25) is 0 Å². The molecule has 0 aromatic rings. The van der Waals surface area contributed by atoms with Gasteiger partial charge in [0.25, 0.3) is 0 Å². The molecule has 0 atom stereocenters. The van der Waals surface area contributed by atoms with E-state index in [1.807, 2.05) is 0 Å². The summed E-state index contributed by atoms with van der Waals surface area (Å²) in [6.45, 7) is 1.96. The minimum atomic E-state index is -4.93. The van der Waals surface area contributed by atoms with Gasteiger partial charge >= 0.3 is 18.1 Å². The fraction of sp³-hybridized carbons (Fsp3) is 0.688. The quantitative estimate of drug-likeness (QED) is 0.445. The van der Waals surface area contributed by atoms with E-state index in [0.29, 0.717) is 25.5 Å². The average Bonchev–Trinajstić information content (AvgIpc) is 2.55. The van der Waals surface area contributed by atoms with E-state index >= 15 is 0 Å². The van der Waals surface area contributed by atoms with Crippen molar-refractivity contribution in [3.05, 3.63) is 11.8 Å². The topological polar surface area (TPSA) is 102 Å². The fourth-order valence-corrected chi connectivity index (χ4v) is 3.69. The largest absolute Gasteiger partial charge is 0.478 e. The molecule has 3 aliphatic carbocycles. The van der Waals surface area contributed by atoms with Crippen LogP contribution >= 0.6 is 0 Å². The maximum absolute atomic E-state index is 13.3. The third-order valence-electron chi connectivity index (χ3n) is 5.18. The minimum Gasteiger partial charge on any atom is -0.478 e. The summed E-state index contributed by atoms with van der Waals surface area (Å²) in [5.74, 6) is -2.08. The Kier molecular flexibility index (Phi) is 5.15. The van der Waals surface area contributed by atoms with Crippen LogP contribution in [0, 0.1) is 5.41 Å². The zero-order valence-electron chi connectivity index (χ0n) is 13.9. The second-order valence-electron chi connectivity index (χ2n) is 6.57. The second-order valence-corrected chi connectivity index (χ2v) is 6.57. The molecule has 2 bridgehead atoms. The summed E-state index contributed by atoms with van der Waals surface area (Å²) in [6.07, 6.45) is -2.51. The van der Waals surface area contributed by atoms with Gasteiger partial charge in [-0.25, -0.2) is 4.79 Å². The lowest BCUT2D eigenvalue weighted by Gasteiger charge is -2.50. The van der Waals surface area contributed by atoms with E-state index in [1.165, 1.54) is 0 Å². The highest BCUT2D eigenvalue weighted by Crippen LogP contribution is 2.55. The lowest BCUT2D eigenvalue weighted by molar-refractivity contribution is -0.162. The summed E-state index contributed by atoms with van der Waals surface area (Å²) in [5, 5.41) is 8.99. The number of aliphatic carboxylic acids is 1. The summed E-state index contributed by atoms with van der Waals surface area (Å²) in [6, 6.07) is 0. The summed E-state index contributed by atoms with van der Waals surface area (Å²) in [7, 11) is 0. The Balaban J connectivity index is 2.32. The van der Waals surface area contributed by atoms with Crippen LogP contribution in [0.5, 0.6) is 0 Å². The van der Waals surface area contributed by atoms with E-state index in [-0.39, 0.29) is 31.8 Å². The van der Waals surface area contributed by atoms with Gasteiger partial charge in [0.2, 0.25) is 0 Å². The number of carbonyl (C=O) groups is 2. The molecule has 3 fully saturated rings. The molecule has 25 heavy (non-hydrogen) atoms. The Bertz CT molecular complexity index is 601. The van der Waals surface area contributed by atoms with E-state index in [9.17, 15) is 22.8 Å². The molecule has 3 saturated carbocycles. The van der Waals surface area contributed by atoms with Gasteiger partial charge in [-0.05, 0) is 45.4 Å². The molecule has 6 nitrogen and oxygen atoms in total. The molecule has 0 saturated heterocycles. The molecule has 3 N–H and O–H groups in total. The number of aliphatic imine (C=N–C) groups is 1. The van der Waals surface area contributed by atoms with Gasteiger partial charge < -0.3 is 15.6 Å². The van der Waals surface area contributed by atoms with Crippen LogP contribution in [-0.4, -0.2) is 41.1 Å². The van der Waals surface area contributed by atoms with Crippen molar-refractivity contribution >= 4 is 17.7 Å². The first-order valence-corrected chi connectivity index (χ1v) is 8.09. The number of esters is 1. The predicted octanol–water partition coefficient (Wildman–Crippen LogP) is 2.57. The minimum absolute atomic E-state index is 0.255. The highest BCUT2D eigenvalue weighted by Gasteiger charge is 2.54. The molecule has 0 amide bonds. The first kappa shape index (κ1) is 19.3. The first-order valence-electron chi connectivity index (χ1n) is 8.09. The number of fused-ring (bicyclic) bond motifs is 3. The summed E-state index contributed by atoms with van der Waals surface area (Å²) >= 11 is 0. The van der Waals surface area contributed by atoms with Gasteiger partial charge in [0, 0.05) is 6.20 Å². The monoisotopic (exact) mass is 362 g/mol. The zero-order chi connectivity index (χ0) is 18.9. The molecular formula is C16H21F3N2O4. The Morgan fingerprint density at radius 1 is 1.20 bits per heavy atom. The van der Waals surface area contributed by atoms with Gasteiger partial charge in [0.1, 0.15) is 5.57 Å². The van der Waals surface area contributed by atoms with Crippen LogP contribution in [0.25, 0.3) is 0 Å². The lowest BCUT2D eigenvalue weighted by atomic mass is 9.57. The van der Waals surface area contributed by atoms with Crippen molar-refractivity contribution in [3.8, 4) is 0 Å². The number of carbonyl (C=O) groups excluding carboxylic acids is 1. The number of carboxylic acid groups (broad SMARTS) is 1. The van der Waals surface area contributed by atoms with Crippen LogP contribution in [0.3, 0.4) is 0 Å². The Morgan fingerprint density at radius 2 is 1.72 bits per heavy atom. The molecule has 9 heteroatoms. The average molecular weight is 362 g/mol. The molecule has 3 rings (SSSR count). The number of carboxylic acids is 1. The number of nitrogens with zero attached hydrogens (tertiary/aromatic N) is 1. The normalized spacial score (nSPS) is 30.2. The number of halogens is 3. The number of ether oxygens (including phenoxy) is 1. The summed E-state index contributed by atoms with van der Waals surface area (Å²) < 4.78 is 45.1. The number of rotatable bonds is 5. The molecule has 0 radical (unpaired) electrons. The Hall–Kier alpha value is -2.06. The van der Waals surface area contributed by atoms with Gasteiger partial charge in [0.15, 0.2) is 5.71 Å². The van der Waals surface area contributed by atoms with Crippen LogP contribution in [0.1, 0.15) is 45.4 Å². The molecule has 0 aliphatic heterocycles. The molecule has 140 valence electrons. The molecule has 3 aliphatic rings. The van der Waals surface area contributed by atoms with Crippen molar-refractivity contribution in [1.29, 1.82) is 0 Å². The third-order valence-corrected chi connectivity index (χ3v) is 5.18. The number of nitrogens with two attached hydrogens (primary N) is 1. The van der Waals surface area contributed by atoms with Crippen molar-refractivity contribution in [2.45, 2.75) is 57.2 Å². The molecular weight excluding hydrogens is 341 g/mol. The molecule has 0 heterocycles. The van der Waals surface area contributed by atoms with Crippen molar-refractivity contribution < 1.29 is 32.6 Å². The number of hydrogen-bond donors (Lipinski definition) is 2. The summed E-state index contributed by atoms with van der Waals surface area (Å²) in [4.78, 5) is 27.1. The maximum atomic E-state index is 13.3. The van der Waals surface area contributed by atoms with Crippen molar-refractivity contribution in [3.63, 3.8) is 0 Å². The predicted molar refractivity (Wildman–Crippen MR) is 82.9 cm³/mol. The number of alkyl halides is 3. The van der Waals surface area contributed by atoms with E-state index in [0.717, 1.165) is 0 Å². The van der Waals surface area contributed by atoms with E-state index in [1.54, 1.807) is 6.92 Å². The Labute approximate surface area is 142 Å². The van der Waals surface area contributed by atoms with Gasteiger partial charge in [-0.15, -0.1) is 0 Å². The molecule has 0 spiro atoms. The van der Waals surface area contributed by atoms with E-state index < -0.39 is 34.4 Å². The highest BCUT2D eigenvalue weighted by molar-refractivity contribution is 6.21. The van der Waals surface area contributed by atoms with Crippen molar-refractivity contribution in [2.75, 3.05) is 6.61 Å². The van der Waals surface area contributed by atoms with Gasteiger partial charge in [0.05, 0.1) is 17.6 Å². The zero-order valence-corrected chi connectivity index (χ0v) is 13.9. The second kappa shape index (κ2) is 6.68. The van der Waals surface area contributed by atoms with Crippen molar-refractivity contribution in [2.24, 2.45) is 16.1 Å². The molecule has 0 unspecified atom stereocenters. The third kappa shape index (κ3) is 3.64. The standard InChI is InChI=1S/C16H21F3N2O4/c1-2-25-13(24)14-3-6-15(7-4-14,8-5-14)21-11(16(17,18)19)10(9-20)12(22)23/h9H,2-8,20H2,1H3,(H,22,23). The van der Waals surface area contributed by atoms with E-state index in [2.05, 4.69) is 4.99 Å². The smallest absolute Gasteiger partial charge is 0.433 e. The highest BCUT2D eigenvalue weighted by atomic mass is 19.4. The van der Waals surface area contributed by atoms with Crippen LogP contribution in [0.15, 0.2) is 16.8 Å². The van der Waals surface area contributed by atoms with Gasteiger partial charge in [-0.1, -0.05) is 0 Å². The lowest BCUT2D eigenvalue weighted by Crippen LogP contribution is -2.50. The SMILES string of the molecule is CCOC(=O)C12CCC(N=C(C(=CN)C(=O)O)C(F)(F)F)(CC1)CC2. The first-order chi connectivity index (χ1) is 11.6. The van der Waals surface area contributed by atoms with Gasteiger partial charge in [-0.2, -0.15) is 13.2 Å². The van der Waals surface area contributed by atoms with Gasteiger partial charge in [-0.3, -0.25) is 9.79 Å². The van der Waals surface area contributed by atoms with E-state index in [4.69, 9.17) is 15.6 Å². The fourth-order valence-electron chi connectivity index (χ4n) is 3.69. The van der Waals surface area contributed by atoms with Crippen molar-refractivity contribution in [1.82, 2.24) is 0 Å². The molecule has 0 aromatic carbocycles. The molecule has 0 aromatic heterocycles. The summed E-state index contributed by atoms with van der Waals surface area (Å²) in [5.41, 5.74) is 0.896. The van der Waals surface area contributed by atoms with Crippen LogP contribution in [0.4, 0.5) is 13.2 Å². The van der Waals surface area contributed by atoms with Crippen LogP contribution in [-0.2, 0) is 14.3 Å². The maximum Gasteiger partial charge on any atom is 0.433 e. The Morgan fingerprint density at radius 3 is 2.08 bits per heavy atom.